The number of halogens is 1. The van der Waals surface area contributed by atoms with E-state index < -0.39 is 0 Å². The molecule has 0 aromatic carbocycles. The van der Waals surface area contributed by atoms with Gasteiger partial charge in [-0.2, -0.15) is 15.0 Å². The van der Waals surface area contributed by atoms with E-state index in [2.05, 4.69) is 20.3 Å². The van der Waals surface area contributed by atoms with Crippen LogP contribution in [-0.4, -0.2) is 35.2 Å². The zero-order valence-electron chi connectivity index (χ0n) is 9.74. The predicted molar refractivity (Wildman–Crippen MR) is 65.9 cm³/mol. The topological polar surface area (TPSA) is 86.0 Å². The average Bonchev–Trinajstić information content (AvgIpc) is 3.03. The van der Waals surface area contributed by atoms with Crippen molar-refractivity contribution in [3.05, 3.63) is 5.28 Å². The molecule has 94 valence electrons. The SMILES string of the molecule is COCCC1(CNc2nc(N)nc(Cl)n2)CC1. The number of rotatable bonds is 6. The van der Waals surface area contributed by atoms with Crippen molar-refractivity contribution >= 4 is 23.5 Å². The molecule has 17 heavy (non-hydrogen) atoms. The van der Waals surface area contributed by atoms with Gasteiger partial charge >= 0.3 is 0 Å². The summed E-state index contributed by atoms with van der Waals surface area (Å²) >= 11 is 5.70. The number of nitrogens with two attached hydrogens (primary N) is 1. The Morgan fingerprint density at radius 3 is 2.76 bits per heavy atom. The minimum atomic E-state index is 0.113. The summed E-state index contributed by atoms with van der Waals surface area (Å²) in [6, 6.07) is 0. The molecule has 0 atom stereocenters. The third-order valence-corrected chi connectivity index (χ3v) is 3.21. The first-order valence-electron chi connectivity index (χ1n) is 5.53. The molecule has 1 saturated carbocycles. The molecule has 1 aromatic heterocycles. The second-order valence-corrected chi connectivity index (χ2v) is 4.72. The Balaban J connectivity index is 1.89. The van der Waals surface area contributed by atoms with Gasteiger partial charge in [0.15, 0.2) is 0 Å². The molecule has 2 rings (SSSR count). The Morgan fingerprint density at radius 1 is 1.41 bits per heavy atom. The van der Waals surface area contributed by atoms with E-state index in [-0.39, 0.29) is 11.2 Å². The number of nitrogens with zero attached hydrogens (tertiary/aromatic N) is 3. The van der Waals surface area contributed by atoms with Gasteiger partial charge in [0.25, 0.3) is 0 Å². The molecule has 7 heteroatoms. The summed E-state index contributed by atoms with van der Waals surface area (Å²) in [7, 11) is 1.72. The molecule has 1 aliphatic carbocycles. The lowest BCUT2D eigenvalue weighted by Crippen LogP contribution is -2.19. The molecule has 1 aliphatic rings. The molecule has 0 saturated heterocycles. The molecule has 1 heterocycles. The van der Waals surface area contributed by atoms with Crippen molar-refractivity contribution in [1.29, 1.82) is 0 Å². The van der Waals surface area contributed by atoms with Gasteiger partial charge in [-0.15, -0.1) is 0 Å². The highest BCUT2D eigenvalue weighted by molar-refractivity contribution is 6.28. The zero-order chi connectivity index (χ0) is 12.3. The lowest BCUT2D eigenvalue weighted by Gasteiger charge is -2.15. The molecule has 0 bridgehead atoms. The van der Waals surface area contributed by atoms with Gasteiger partial charge in [0.1, 0.15) is 0 Å². The van der Waals surface area contributed by atoms with E-state index in [4.69, 9.17) is 22.1 Å². The van der Waals surface area contributed by atoms with Crippen molar-refractivity contribution < 1.29 is 4.74 Å². The molecule has 0 amide bonds. The second kappa shape index (κ2) is 5.01. The Labute approximate surface area is 105 Å². The summed E-state index contributed by atoms with van der Waals surface area (Å²) < 4.78 is 5.10. The predicted octanol–water partition coefficient (Wildman–Crippen LogP) is 1.34. The van der Waals surface area contributed by atoms with E-state index in [1.807, 2.05) is 0 Å². The normalized spacial score (nSPS) is 16.8. The fourth-order valence-corrected chi connectivity index (χ4v) is 1.89. The maximum Gasteiger partial charge on any atom is 0.228 e. The van der Waals surface area contributed by atoms with Crippen LogP contribution in [0.25, 0.3) is 0 Å². The Hall–Kier alpha value is -1.14. The third-order valence-electron chi connectivity index (χ3n) is 3.04. The molecule has 0 unspecified atom stereocenters. The molecular weight excluding hydrogens is 242 g/mol. The van der Waals surface area contributed by atoms with Crippen molar-refractivity contribution in [3.63, 3.8) is 0 Å². The van der Waals surface area contributed by atoms with E-state index in [0.29, 0.717) is 11.4 Å². The first-order valence-corrected chi connectivity index (χ1v) is 5.91. The van der Waals surface area contributed by atoms with E-state index >= 15 is 0 Å². The van der Waals surface area contributed by atoms with Crippen LogP contribution in [0.2, 0.25) is 5.28 Å². The van der Waals surface area contributed by atoms with Crippen molar-refractivity contribution in [2.24, 2.45) is 5.41 Å². The van der Waals surface area contributed by atoms with Crippen molar-refractivity contribution in [3.8, 4) is 0 Å². The first kappa shape index (κ1) is 12.3. The van der Waals surface area contributed by atoms with Crippen LogP contribution >= 0.6 is 11.6 Å². The molecule has 1 fully saturated rings. The average molecular weight is 258 g/mol. The highest BCUT2D eigenvalue weighted by atomic mass is 35.5. The van der Waals surface area contributed by atoms with Gasteiger partial charge in [-0.1, -0.05) is 0 Å². The summed E-state index contributed by atoms with van der Waals surface area (Å²) in [5.41, 5.74) is 5.81. The summed E-state index contributed by atoms with van der Waals surface area (Å²) in [5, 5.41) is 3.27. The third kappa shape index (κ3) is 3.41. The monoisotopic (exact) mass is 257 g/mol. The van der Waals surface area contributed by atoms with Crippen LogP contribution in [0.4, 0.5) is 11.9 Å². The number of methoxy groups -OCH3 is 1. The van der Waals surface area contributed by atoms with Crippen molar-refractivity contribution in [2.45, 2.75) is 19.3 Å². The van der Waals surface area contributed by atoms with Crippen LogP contribution in [0.15, 0.2) is 0 Å². The van der Waals surface area contributed by atoms with E-state index in [1.165, 1.54) is 12.8 Å². The Bertz CT molecular complexity index is 376. The maximum atomic E-state index is 5.70. The summed E-state index contributed by atoms with van der Waals surface area (Å²) in [4.78, 5) is 11.6. The number of anilines is 2. The largest absolute Gasteiger partial charge is 0.385 e. The number of hydrogen-bond donors (Lipinski definition) is 2. The quantitative estimate of drug-likeness (QED) is 0.800. The second-order valence-electron chi connectivity index (χ2n) is 4.38. The van der Waals surface area contributed by atoms with Crippen LogP contribution in [0.3, 0.4) is 0 Å². The van der Waals surface area contributed by atoms with E-state index in [9.17, 15) is 0 Å². The van der Waals surface area contributed by atoms with Gasteiger partial charge in [-0.25, -0.2) is 0 Å². The van der Waals surface area contributed by atoms with Crippen LogP contribution in [-0.2, 0) is 4.74 Å². The van der Waals surface area contributed by atoms with Crippen LogP contribution in [0.1, 0.15) is 19.3 Å². The standard InChI is InChI=1S/C10H16ClN5O/c1-17-5-4-10(2-3-10)6-13-9-15-7(11)14-8(12)16-9/h2-6H2,1H3,(H3,12,13,14,15,16). The molecular formula is C10H16ClN5O. The lowest BCUT2D eigenvalue weighted by atomic mass is 10.0. The highest BCUT2D eigenvalue weighted by Crippen LogP contribution is 2.48. The Morgan fingerprint density at radius 2 is 2.18 bits per heavy atom. The Kier molecular flexibility index (Phi) is 3.63. The van der Waals surface area contributed by atoms with Crippen molar-refractivity contribution in [2.75, 3.05) is 31.3 Å². The number of aromatic nitrogens is 3. The van der Waals surface area contributed by atoms with Crippen LogP contribution in [0, 0.1) is 5.41 Å². The number of nitrogen functional groups attached to an aromatic ring is 1. The smallest absolute Gasteiger partial charge is 0.228 e. The molecule has 3 N–H and O–H groups in total. The van der Waals surface area contributed by atoms with Gasteiger partial charge in [0.2, 0.25) is 17.2 Å². The van der Waals surface area contributed by atoms with Crippen molar-refractivity contribution in [1.82, 2.24) is 15.0 Å². The van der Waals surface area contributed by atoms with Crippen LogP contribution in [0.5, 0.6) is 0 Å². The number of hydrogen-bond acceptors (Lipinski definition) is 6. The fourth-order valence-electron chi connectivity index (χ4n) is 1.72. The highest BCUT2D eigenvalue weighted by Gasteiger charge is 2.41. The molecule has 6 nitrogen and oxygen atoms in total. The summed E-state index contributed by atoms with van der Waals surface area (Å²) in [6.45, 7) is 1.60. The van der Waals surface area contributed by atoms with Gasteiger partial charge in [-0.3, -0.25) is 0 Å². The molecule has 0 radical (unpaired) electrons. The van der Waals surface area contributed by atoms with E-state index in [1.54, 1.807) is 7.11 Å². The maximum absolute atomic E-state index is 5.70. The molecule has 0 spiro atoms. The minimum Gasteiger partial charge on any atom is -0.385 e. The first-order chi connectivity index (χ1) is 8.13. The summed E-state index contributed by atoms with van der Waals surface area (Å²) in [6.07, 6.45) is 3.46. The lowest BCUT2D eigenvalue weighted by molar-refractivity contribution is 0.175. The van der Waals surface area contributed by atoms with Gasteiger partial charge in [0.05, 0.1) is 0 Å². The van der Waals surface area contributed by atoms with Crippen LogP contribution < -0.4 is 11.1 Å². The molecule has 1 aromatic rings. The van der Waals surface area contributed by atoms with Gasteiger partial charge in [0, 0.05) is 20.3 Å². The van der Waals surface area contributed by atoms with E-state index in [0.717, 1.165) is 19.6 Å². The fraction of sp³-hybridized carbons (Fsp3) is 0.700. The number of ether oxygens (including phenoxy) is 1. The van der Waals surface area contributed by atoms with Gasteiger partial charge in [-0.05, 0) is 36.3 Å². The summed E-state index contributed by atoms with van der Waals surface area (Å²) in [5.74, 6) is 0.570. The minimum absolute atomic E-state index is 0.113. The zero-order valence-corrected chi connectivity index (χ0v) is 10.5. The van der Waals surface area contributed by atoms with Gasteiger partial charge < -0.3 is 15.8 Å². The molecule has 0 aliphatic heterocycles. The number of nitrogens with one attached hydrogen (secondary N) is 1.